The molecule has 2 fully saturated rings. The van der Waals surface area contributed by atoms with Crippen molar-refractivity contribution in [1.82, 2.24) is 20.4 Å². The Morgan fingerprint density at radius 1 is 0.963 bits per heavy atom. The van der Waals surface area contributed by atoms with Gasteiger partial charge in [-0.25, -0.2) is 4.79 Å². The molecular weight excluding hydrogens is 336 g/mol. The molecule has 2 N–H and O–H groups in total. The van der Waals surface area contributed by atoms with Crippen LogP contribution in [0.15, 0.2) is 24.3 Å². The highest BCUT2D eigenvalue weighted by Crippen LogP contribution is 2.16. The molecule has 5 nitrogen and oxygen atoms in total. The van der Waals surface area contributed by atoms with Crippen LogP contribution in [0.5, 0.6) is 0 Å². The summed E-state index contributed by atoms with van der Waals surface area (Å²) in [4.78, 5) is 17.0. The van der Waals surface area contributed by atoms with E-state index in [0.717, 1.165) is 37.5 Å². The van der Waals surface area contributed by atoms with Gasteiger partial charge in [-0.05, 0) is 81.9 Å². The van der Waals surface area contributed by atoms with Crippen molar-refractivity contribution in [3.8, 4) is 0 Å². The molecule has 2 heterocycles. The summed E-state index contributed by atoms with van der Waals surface area (Å²) in [6.45, 7) is 10.7. The number of amides is 2. The zero-order chi connectivity index (χ0) is 18.9. The molecule has 0 aliphatic carbocycles. The van der Waals surface area contributed by atoms with Crippen molar-refractivity contribution in [2.24, 2.45) is 5.92 Å². The number of benzene rings is 1. The van der Waals surface area contributed by atoms with E-state index < -0.39 is 0 Å². The Morgan fingerprint density at radius 2 is 1.63 bits per heavy atom. The predicted octanol–water partition coefficient (Wildman–Crippen LogP) is 3.20. The maximum atomic E-state index is 12.0. The van der Waals surface area contributed by atoms with Crippen LogP contribution >= 0.6 is 0 Å². The van der Waals surface area contributed by atoms with Crippen molar-refractivity contribution in [2.45, 2.75) is 52.1 Å². The Labute approximate surface area is 164 Å². The Kier molecular flexibility index (Phi) is 7.96. The number of piperidine rings is 1. The van der Waals surface area contributed by atoms with Crippen molar-refractivity contribution in [3.63, 3.8) is 0 Å². The van der Waals surface area contributed by atoms with Gasteiger partial charge in [-0.2, -0.15) is 0 Å². The summed E-state index contributed by atoms with van der Waals surface area (Å²) in [5.74, 6) is 0.874. The van der Waals surface area contributed by atoms with Crippen molar-refractivity contribution in [2.75, 3.05) is 39.3 Å². The van der Waals surface area contributed by atoms with Crippen LogP contribution in [0.3, 0.4) is 0 Å². The second-order valence-electron chi connectivity index (χ2n) is 8.29. The minimum absolute atomic E-state index is 0.0663. The molecule has 0 aromatic heterocycles. The first-order chi connectivity index (χ1) is 13.2. The first-order valence-electron chi connectivity index (χ1n) is 10.7. The molecule has 2 aliphatic heterocycles. The molecule has 27 heavy (non-hydrogen) atoms. The maximum Gasteiger partial charge on any atom is 0.315 e. The van der Waals surface area contributed by atoms with E-state index >= 15 is 0 Å². The molecule has 0 spiro atoms. The number of nitrogens with zero attached hydrogens (tertiary/aromatic N) is 2. The van der Waals surface area contributed by atoms with Crippen LogP contribution in [0.4, 0.5) is 4.79 Å². The molecule has 1 aromatic rings. The Balaban J connectivity index is 1.26. The Morgan fingerprint density at radius 3 is 2.33 bits per heavy atom. The fraction of sp³-hybridized carbons (Fsp3) is 0.682. The number of urea groups is 1. The normalized spacial score (nSPS) is 19.3. The lowest BCUT2D eigenvalue weighted by Crippen LogP contribution is -2.38. The van der Waals surface area contributed by atoms with E-state index in [1.807, 2.05) is 0 Å². The first kappa shape index (κ1) is 20.2. The van der Waals surface area contributed by atoms with Crippen molar-refractivity contribution in [3.05, 3.63) is 35.4 Å². The van der Waals surface area contributed by atoms with Crippen molar-refractivity contribution < 1.29 is 4.79 Å². The maximum absolute atomic E-state index is 12.0. The van der Waals surface area contributed by atoms with E-state index in [-0.39, 0.29) is 6.03 Å². The zero-order valence-corrected chi connectivity index (χ0v) is 16.9. The monoisotopic (exact) mass is 372 g/mol. The van der Waals surface area contributed by atoms with Gasteiger partial charge in [-0.3, -0.25) is 4.90 Å². The average Bonchev–Trinajstić information content (AvgIpc) is 3.19. The van der Waals surface area contributed by atoms with Crippen molar-refractivity contribution >= 4 is 6.03 Å². The fourth-order valence-electron chi connectivity index (χ4n) is 4.00. The molecule has 3 rings (SSSR count). The van der Waals surface area contributed by atoms with E-state index in [2.05, 4.69) is 51.6 Å². The number of hydrogen-bond donors (Lipinski definition) is 2. The highest BCUT2D eigenvalue weighted by atomic mass is 16.2. The van der Waals surface area contributed by atoms with Gasteiger partial charge in [-0.15, -0.1) is 0 Å². The van der Waals surface area contributed by atoms with Crippen molar-refractivity contribution in [1.29, 1.82) is 0 Å². The lowest BCUT2D eigenvalue weighted by Gasteiger charge is -2.30. The molecule has 0 saturated carbocycles. The lowest BCUT2D eigenvalue weighted by atomic mass is 9.99. The van der Waals surface area contributed by atoms with Crippen LogP contribution in [0.2, 0.25) is 0 Å². The number of carbonyl (C=O) groups excluding carboxylic acids is 1. The van der Waals surface area contributed by atoms with E-state index in [0.29, 0.717) is 6.54 Å². The quantitative estimate of drug-likeness (QED) is 0.689. The third-order valence-corrected chi connectivity index (χ3v) is 5.89. The molecule has 0 radical (unpaired) electrons. The second-order valence-corrected chi connectivity index (χ2v) is 8.29. The molecule has 0 bridgehead atoms. The van der Waals surface area contributed by atoms with Crippen LogP contribution in [-0.2, 0) is 13.1 Å². The molecule has 0 unspecified atom stereocenters. The third kappa shape index (κ3) is 7.15. The minimum Gasteiger partial charge on any atom is -0.338 e. The van der Waals surface area contributed by atoms with Gasteiger partial charge in [0.05, 0.1) is 0 Å². The molecule has 5 heteroatoms. The predicted molar refractivity (Wildman–Crippen MR) is 111 cm³/mol. The van der Waals surface area contributed by atoms with E-state index in [4.69, 9.17) is 0 Å². The summed E-state index contributed by atoms with van der Waals surface area (Å²) in [5, 5.41) is 5.94. The third-order valence-electron chi connectivity index (χ3n) is 5.89. The molecule has 0 atom stereocenters. The second kappa shape index (κ2) is 10.7. The van der Waals surface area contributed by atoms with Crippen LogP contribution in [0.25, 0.3) is 0 Å². The summed E-state index contributed by atoms with van der Waals surface area (Å²) in [6.07, 6.45) is 6.30. The average molecular weight is 373 g/mol. The Bertz CT molecular complexity index is 560. The topological polar surface area (TPSA) is 47.6 Å². The number of hydrogen-bond acceptors (Lipinski definition) is 3. The van der Waals surface area contributed by atoms with Crippen LogP contribution in [-0.4, -0.2) is 55.1 Å². The summed E-state index contributed by atoms with van der Waals surface area (Å²) >= 11 is 0. The van der Waals surface area contributed by atoms with Gasteiger partial charge < -0.3 is 15.5 Å². The lowest BCUT2D eigenvalue weighted by molar-refractivity contribution is 0.190. The van der Waals surface area contributed by atoms with Crippen LogP contribution in [0.1, 0.15) is 50.2 Å². The number of likely N-dealkylation sites (tertiary alicyclic amines) is 2. The van der Waals surface area contributed by atoms with Gasteiger partial charge in [0.15, 0.2) is 0 Å². The van der Waals surface area contributed by atoms with Gasteiger partial charge in [-0.1, -0.05) is 31.2 Å². The molecule has 2 aliphatic rings. The molecular formula is C22H36N4O. The summed E-state index contributed by atoms with van der Waals surface area (Å²) < 4.78 is 0. The summed E-state index contributed by atoms with van der Waals surface area (Å²) in [5.41, 5.74) is 2.51. The smallest absolute Gasteiger partial charge is 0.315 e. The summed E-state index contributed by atoms with van der Waals surface area (Å²) in [7, 11) is 0. The number of nitrogens with one attached hydrogen (secondary N) is 2. The molecule has 150 valence electrons. The minimum atomic E-state index is -0.0663. The van der Waals surface area contributed by atoms with E-state index in [9.17, 15) is 4.79 Å². The van der Waals surface area contributed by atoms with Gasteiger partial charge in [0.2, 0.25) is 0 Å². The highest BCUT2D eigenvalue weighted by molar-refractivity contribution is 5.73. The standard InChI is InChI=1S/C22H36N4O/c1-19-9-15-25(16-10-19)14-4-11-23-22(27)24-17-20-5-7-21(8-6-20)18-26-12-2-3-13-26/h5-8,19H,2-4,9-18H2,1H3,(H2,23,24,27). The highest BCUT2D eigenvalue weighted by Gasteiger charge is 2.15. The van der Waals surface area contributed by atoms with E-state index in [1.165, 1.54) is 57.4 Å². The molecule has 1 aromatic carbocycles. The van der Waals surface area contributed by atoms with Crippen LogP contribution in [0, 0.1) is 5.92 Å². The van der Waals surface area contributed by atoms with Gasteiger partial charge in [0.25, 0.3) is 0 Å². The largest absolute Gasteiger partial charge is 0.338 e. The van der Waals surface area contributed by atoms with E-state index in [1.54, 1.807) is 0 Å². The summed E-state index contributed by atoms with van der Waals surface area (Å²) in [6, 6.07) is 8.56. The number of rotatable bonds is 8. The zero-order valence-electron chi connectivity index (χ0n) is 16.9. The molecule has 2 amide bonds. The first-order valence-corrected chi connectivity index (χ1v) is 10.7. The fourth-order valence-corrected chi connectivity index (χ4v) is 4.00. The Hall–Kier alpha value is -1.59. The number of carbonyl (C=O) groups is 1. The van der Waals surface area contributed by atoms with Gasteiger partial charge in [0.1, 0.15) is 0 Å². The molecule has 2 saturated heterocycles. The van der Waals surface area contributed by atoms with Crippen LogP contribution < -0.4 is 10.6 Å². The van der Waals surface area contributed by atoms with Gasteiger partial charge in [0, 0.05) is 19.6 Å². The van der Waals surface area contributed by atoms with Gasteiger partial charge >= 0.3 is 6.03 Å². The SMILES string of the molecule is CC1CCN(CCCNC(=O)NCc2ccc(CN3CCCC3)cc2)CC1.